The molecule has 0 radical (unpaired) electrons. The number of ether oxygens (including phenoxy) is 3. The molecule has 0 spiro atoms. The lowest BCUT2D eigenvalue weighted by molar-refractivity contribution is -0.385. The quantitative estimate of drug-likeness (QED) is 0.311. The van der Waals surface area contributed by atoms with E-state index in [9.17, 15) is 14.9 Å². The summed E-state index contributed by atoms with van der Waals surface area (Å²) < 4.78 is 16.2. The van der Waals surface area contributed by atoms with E-state index in [4.69, 9.17) is 25.8 Å². The van der Waals surface area contributed by atoms with Gasteiger partial charge in [-0.15, -0.1) is 0 Å². The summed E-state index contributed by atoms with van der Waals surface area (Å²) in [6.07, 6.45) is 1.67. The zero-order valence-electron chi connectivity index (χ0n) is 18.1. The third kappa shape index (κ3) is 6.18. The van der Waals surface area contributed by atoms with Gasteiger partial charge in [0.05, 0.1) is 30.9 Å². The van der Waals surface area contributed by atoms with Gasteiger partial charge >= 0.3 is 5.69 Å². The van der Waals surface area contributed by atoms with Gasteiger partial charge in [-0.05, 0) is 42.5 Å². The number of hydrogen-bond donors (Lipinski definition) is 0. The Balaban J connectivity index is 1.87. The van der Waals surface area contributed by atoms with Crippen molar-refractivity contribution in [1.29, 1.82) is 0 Å². The smallest absolute Gasteiger partial charge is 0.313 e. The molecule has 1 aromatic heterocycles. The molecule has 1 amide bonds. The highest BCUT2D eigenvalue weighted by atomic mass is 35.5. The molecular formula is C23H22ClN3O6. The van der Waals surface area contributed by atoms with E-state index in [0.717, 1.165) is 5.69 Å². The van der Waals surface area contributed by atoms with Gasteiger partial charge in [-0.25, -0.2) is 0 Å². The summed E-state index contributed by atoms with van der Waals surface area (Å²) in [5.74, 6) is 0.209. The maximum atomic E-state index is 13.2. The van der Waals surface area contributed by atoms with Gasteiger partial charge < -0.3 is 19.1 Å². The Morgan fingerprint density at radius 2 is 1.88 bits per heavy atom. The number of pyridine rings is 1. The molecule has 3 aromatic rings. The molecule has 2 aromatic carbocycles. The van der Waals surface area contributed by atoms with E-state index < -0.39 is 4.92 Å². The minimum Gasteiger partial charge on any atom is -0.493 e. The number of halogens is 1. The van der Waals surface area contributed by atoms with Crippen LogP contribution in [0.3, 0.4) is 0 Å². The lowest BCUT2D eigenvalue weighted by atomic mass is 10.1. The summed E-state index contributed by atoms with van der Waals surface area (Å²) in [6.45, 7) is 1.03. The number of hydrogen-bond acceptors (Lipinski definition) is 7. The van der Waals surface area contributed by atoms with Gasteiger partial charge in [-0.2, -0.15) is 0 Å². The van der Waals surface area contributed by atoms with Crippen LogP contribution in [0.15, 0.2) is 60.8 Å². The Hall–Kier alpha value is -3.69. The maximum Gasteiger partial charge on any atom is 0.313 e. The highest BCUT2D eigenvalue weighted by Gasteiger charge is 2.21. The lowest BCUT2D eigenvalue weighted by Gasteiger charge is -2.22. The summed E-state index contributed by atoms with van der Waals surface area (Å²) >= 11 is 5.86. The van der Waals surface area contributed by atoms with Gasteiger partial charge in [-0.1, -0.05) is 17.7 Å². The summed E-state index contributed by atoms with van der Waals surface area (Å²) in [5, 5.41) is 11.6. The van der Waals surface area contributed by atoms with E-state index in [0.29, 0.717) is 25.3 Å². The first-order chi connectivity index (χ1) is 15.9. The fraction of sp³-hybridized carbons (Fsp3) is 0.217. The number of carbonyl (C=O) groups excluding carboxylic acids is 1. The van der Waals surface area contributed by atoms with Crippen molar-refractivity contribution in [2.24, 2.45) is 0 Å². The molecule has 0 aliphatic rings. The minimum absolute atomic E-state index is 0.00125. The Morgan fingerprint density at radius 1 is 1.09 bits per heavy atom. The van der Waals surface area contributed by atoms with Gasteiger partial charge in [0.1, 0.15) is 0 Å². The second-order valence-corrected chi connectivity index (χ2v) is 7.31. The fourth-order valence-corrected chi connectivity index (χ4v) is 3.21. The van der Waals surface area contributed by atoms with Crippen molar-refractivity contribution in [3.8, 4) is 17.2 Å². The minimum atomic E-state index is -0.586. The predicted octanol–water partition coefficient (Wildman–Crippen LogP) is 4.73. The zero-order chi connectivity index (χ0) is 23.8. The molecule has 0 unspecified atom stereocenters. The standard InChI is InChI=1S/C23H22ClN3O6/c1-31-12-11-26(15-18-5-3-4-10-25-18)23(28)16-6-8-21(22(13-16)32-2)33-20-9-7-17(24)14-19(20)27(29)30/h3-10,13-14H,11-12,15H2,1-2H3. The molecule has 0 saturated carbocycles. The van der Waals surface area contributed by atoms with Gasteiger partial charge in [0.25, 0.3) is 5.91 Å². The first-order valence-electron chi connectivity index (χ1n) is 9.91. The van der Waals surface area contributed by atoms with Crippen LogP contribution < -0.4 is 9.47 Å². The average molecular weight is 472 g/mol. The molecule has 0 aliphatic carbocycles. The monoisotopic (exact) mass is 471 g/mol. The van der Waals surface area contributed by atoms with Crippen LogP contribution >= 0.6 is 11.6 Å². The van der Waals surface area contributed by atoms with E-state index in [1.54, 1.807) is 30.3 Å². The van der Waals surface area contributed by atoms with Crippen molar-refractivity contribution in [3.05, 3.63) is 87.2 Å². The fourth-order valence-electron chi connectivity index (χ4n) is 3.05. The molecule has 0 N–H and O–H groups in total. The molecule has 0 aliphatic heterocycles. The molecular weight excluding hydrogens is 450 g/mol. The number of rotatable bonds is 10. The normalized spacial score (nSPS) is 10.5. The van der Waals surface area contributed by atoms with Gasteiger partial charge in [0.15, 0.2) is 11.5 Å². The van der Waals surface area contributed by atoms with Crippen molar-refractivity contribution in [3.63, 3.8) is 0 Å². The topological polar surface area (TPSA) is 104 Å². The highest BCUT2D eigenvalue weighted by Crippen LogP contribution is 2.38. The molecule has 172 valence electrons. The first kappa shape index (κ1) is 24.0. The maximum absolute atomic E-state index is 13.2. The summed E-state index contributed by atoms with van der Waals surface area (Å²) in [7, 11) is 2.98. The summed E-state index contributed by atoms with van der Waals surface area (Å²) in [4.78, 5) is 29.9. The Morgan fingerprint density at radius 3 is 2.55 bits per heavy atom. The Bertz CT molecular complexity index is 1130. The summed E-state index contributed by atoms with van der Waals surface area (Å²) in [5.41, 5.74) is 0.812. The predicted molar refractivity (Wildman–Crippen MR) is 122 cm³/mol. The van der Waals surface area contributed by atoms with Gasteiger partial charge in [0, 0.05) is 36.5 Å². The number of benzene rings is 2. The number of carbonyl (C=O) groups is 1. The van der Waals surface area contributed by atoms with Crippen LogP contribution in [-0.2, 0) is 11.3 Å². The molecule has 0 saturated heterocycles. The van der Waals surface area contributed by atoms with Crippen LogP contribution in [0.25, 0.3) is 0 Å². The van der Waals surface area contributed by atoms with Crippen molar-refractivity contribution in [2.45, 2.75) is 6.54 Å². The van der Waals surface area contributed by atoms with Crippen LogP contribution in [0, 0.1) is 10.1 Å². The number of nitrogens with zero attached hydrogens (tertiary/aromatic N) is 3. The molecule has 0 fully saturated rings. The number of amides is 1. The van der Waals surface area contributed by atoms with Crippen LogP contribution in [0.2, 0.25) is 5.02 Å². The Labute approximate surface area is 195 Å². The second-order valence-electron chi connectivity index (χ2n) is 6.88. The molecule has 0 atom stereocenters. The third-order valence-corrected chi connectivity index (χ3v) is 4.91. The second kappa shape index (κ2) is 11.3. The number of methoxy groups -OCH3 is 2. The number of aromatic nitrogens is 1. The van der Waals surface area contributed by atoms with Crippen LogP contribution in [0.4, 0.5) is 5.69 Å². The van der Waals surface area contributed by atoms with Crippen LogP contribution in [0.5, 0.6) is 17.2 Å². The number of nitro groups is 1. The van der Waals surface area contributed by atoms with Crippen molar-refractivity contribution in [1.82, 2.24) is 9.88 Å². The molecule has 9 nitrogen and oxygen atoms in total. The zero-order valence-corrected chi connectivity index (χ0v) is 18.8. The molecule has 33 heavy (non-hydrogen) atoms. The van der Waals surface area contributed by atoms with E-state index in [1.807, 2.05) is 12.1 Å². The van der Waals surface area contributed by atoms with E-state index >= 15 is 0 Å². The SMILES string of the molecule is COCCN(Cc1ccccn1)C(=O)c1ccc(Oc2ccc(Cl)cc2[N+](=O)[O-])c(OC)c1. The average Bonchev–Trinajstić information content (AvgIpc) is 2.83. The van der Waals surface area contributed by atoms with E-state index in [2.05, 4.69) is 4.98 Å². The molecule has 0 bridgehead atoms. The molecule has 10 heteroatoms. The van der Waals surface area contributed by atoms with Crippen LogP contribution in [-0.4, -0.2) is 48.1 Å². The molecule has 1 heterocycles. The van der Waals surface area contributed by atoms with E-state index in [-0.39, 0.29) is 33.9 Å². The number of nitro benzene ring substituents is 1. The lowest BCUT2D eigenvalue weighted by Crippen LogP contribution is -2.33. The highest BCUT2D eigenvalue weighted by molar-refractivity contribution is 6.30. The first-order valence-corrected chi connectivity index (χ1v) is 10.3. The molecule has 3 rings (SSSR count). The largest absolute Gasteiger partial charge is 0.493 e. The summed E-state index contributed by atoms with van der Waals surface area (Å²) in [6, 6.07) is 14.2. The van der Waals surface area contributed by atoms with Gasteiger partial charge in [-0.3, -0.25) is 19.9 Å². The third-order valence-electron chi connectivity index (χ3n) is 4.68. The van der Waals surface area contributed by atoms with Crippen molar-refractivity contribution in [2.75, 3.05) is 27.4 Å². The van der Waals surface area contributed by atoms with E-state index in [1.165, 1.54) is 37.4 Å². The van der Waals surface area contributed by atoms with Gasteiger partial charge in [0.2, 0.25) is 5.75 Å². The van der Waals surface area contributed by atoms with Crippen LogP contribution in [0.1, 0.15) is 16.1 Å². The van der Waals surface area contributed by atoms with Crippen molar-refractivity contribution >= 4 is 23.2 Å². The Kier molecular flexibility index (Phi) is 8.17. The van der Waals surface area contributed by atoms with Crippen molar-refractivity contribution < 1.29 is 23.9 Å².